The Bertz CT molecular complexity index is 713. The first kappa shape index (κ1) is 11.5. The molecular formula is C16H12N2O. The summed E-state index contributed by atoms with van der Waals surface area (Å²) in [6.07, 6.45) is 0. The summed E-state index contributed by atoms with van der Waals surface area (Å²) in [6, 6.07) is 15.2. The van der Waals surface area contributed by atoms with Crippen molar-refractivity contribution in [3.8, 4) is 6.07 Å². The second-order valence-electron chi connectivity index (χ2n) is 4.71. The zero-order valence-corrected chi connectivity index (χ0v) is 10.6. The molecule has 3 nitrogen and oxygen atoms in total. The molecule has 2 aromatic carbocycles. The van der Waals surface area contributed by atoms with Gasteiger partial charge in [-0.1, -0.05) is 12.1 Å². The molecule has 19 heavy (non-hydrogen) atoms. The highest BCUT2D eigenvalue weighted by Gasteiger charge is 2.28. The Labute approximate surface area is 111 Å². The third kappa shape index (κ3) is 1.88. The molecule has 1 aliphatic rings. The quantitative estimate of drug-likeness (QED) is 0.778. The van der Waals surface area contributed by atoms with E-state index in [4.69, 9.17) is 5.26 Å². The number of fused-ring (bicyclic) bond motifs is 1. The first-order valence-corrected chi connectivity index (χ1v) is 6.10. The van der Waals surface area contributed by atoms with Crippen LogP contribution >= 0.6 is 0 Å². The van der Waals surface area contributed by atoms with Crippen molar-refractivity contribution in [1.29, 1.82) is 5.26 Å². The van der Waals surface area contributed by atoms with E-state index in [0.29, 0.717) is 17.7 Å². The number of rotatable bonds is 1. The van der Waals surface area contributed by atoms with Gasteiger partial charge in [-0.3, -0.25) is 4.79 Å². The number of nitrogens with zero attached hydrogens (tertiary/aromatic N) is 2. The van der Waals surface area contributed by atoms with E-state index in [1.165, 1.54) is 0 Å². The summed E-state index contributed by atoms with van der Waals surface area (Å²) in [4.78, 5) is 14.1. The Morgan fingerprint density at radius 1 is 1.21 bits per heavy atom. The van der Waals surface area contributed by atoms with Crippen LogP contribution in [0.1, 0.15) is 27.0 Å². The standard InChI is InChI=1S/C16H12N2O/c1-11-3-2-4-14(7-11)18-10-13-8-12(9-17)5-6-15(13)16(18)19/h2-8H,10H2,1H3. The molecule has 2 aromatic rings. The van der Waals surface area contributed by atoms with E-state index < -0.39 is 0 Å². The fourth-order valence-electron chi connectivity index (χ4n) is 2.39. The van der Waals surface area contributed by atoms with Crippen LogP contribution in [0.4, 0.5) is 5.69 Å². The number of benzene rings is 2. The number of carbonyl (C=O) groups excluding carboxylic acids is 1. The topological polar surface area (TPSA) is 44.1 Å². The Hall–Kier alpha value is -2.60. The third-order valence-corrected chi connectivity index (χ3v) is 3.35. The average molecular weight is 248 g/mol. The van der Waals surface area contributed by atoms with Crippen molar-refractivity contribution in [3.63, 3.8) is 0 Å². The Morgan fingerprint density at radius 2 is 2.05 bits per heavy atom. The van der Waals surface area contributed by atoms with Gasteiger partial charge in [0.1, 0.15) is 0 Å². The van der Waals surface area contributed by atoms with Crippen molar-refractivity contribution < 1.29 is 4.79 Å². The maximum Gasteiger partial charge on any atom is 0.258 e. The lowest BCUT2D eigenvalue weighted by Gasteiger charge is -2.16. The molecule has 0 atom stereocenters. The maximum absolute atomic E-state index is 12.4. The van der Waals surface area contributed by atoms with Crippen molar-refractivity contribution in [3.05, 3.63) is 64.7 Å². The van der Waals surface area contributed by atoms with Crippen LogP contribution in [0.5, 0.6) is 0 Å². The average Bonchev–Trinajstić information content (AvgIpc) is 2.75. The maximum atomic E-state index is 12.4. The second-order valence-corrected chi connectivity index (χ2v) is 4.71. The van der Waals surface area contributed by atoms with Gasteiger partial charge in [-0.25, -0.2) is 0 Å². The fraction of sp³-hybridized carbons (Fsp3) is 0.125. The molecule has 3 rings (SSSR count). The van der Waals surface area contributed by atoms with E-state index in [-0.39, 0.29) is 5.91 Å². The van der Waals surface area contributed by atoms with Crippen LogP contribution in [-0.4, -0.2) is 5.91 Å². The molecule has 92 valence electrons. The number of hydrogen-bond acceptors (Lipinski definition) is 2. The zero-order chi connectivity index (χ0) is 13.4. The largest absolute Gasteiger partial charge is 0.304 e. The van der Waals surface area contributed by atoms with E-state index in [1.807, 2.05) is 31.2 Å². The van der Waals surface area contributed by atoms with Crippen molar-refractivity contribution in [2.24, 2.45) is 0 Å². The monoisotopic (exact) mass is 248 g/mol. The number of anilines is 1. The number of nitriles is 1. The molecule has 0 bridgehead atoms. The minimum absolute atomic E-state index is 0.00471. The molecule has 0 saturated heterocycles. The minimum atomic E-state index is 0.00471. The summed E-state index contributed by atoms with van der Waals surface area (Å²) in [5, 5.41) is 8.91. The van der Waals surface area contributed by atoms with Crippen LogP contribution in [-0.2, 0) is 6.54 Å². The van der Waals surface area contributed by atoms with Crippen molar-refractivity contribution in [1.82, 2.24) is 0 Å². The Kier molecular flexibility index (Phi) is 2.57. The first-order chi connectivity index (χ1) is 9.19. The molecule has 1 heterocycles. The van der Waals surface area contributed by atoms with E-state index >= 15 is 0 Å². The number of aryl methyl sites for hydroxylation is 1. The molecular weight excluding hydrogens is 236 g/mol. The number of amides is 1. The number of hydrogen-bond donors (Lipinski definition) is 0. The van der Waals surface area contributed by atoms with Gasteiger partial charge in [0.05, 0.1) is 18.2 Å². The highest BCUT2D eigenvalue weighted by atomic mass is 16.2. The van der Waals surface area contributed by atoms with Crippen LogP contribution in [0.25, 0.3) is 0 Å². The molecule has 0 aromatic heterocycles. The summed E-state index contributed by atoms with van der Waals surface area (Å²) in [5.41, 5.74) is 4.24. The Balaban J connectivity index is 2.02. The van der Waals surface area contributed by atoms with Crippen molar-refractivity contribution >= 4 is 11.6 Å². The molecule has 0 radical (unpaired) electrons. The molecule has 0 N–H and O–H groups in total. The molecule has 0 spiro atoms. The fourth-order valence-corrected chi connectivity index (χ4v) is 2.39. The highest BCUT2D eigenvalue weighted by Crippen LogP contribution is 2.29. The van der Waals surface area contributed by atoms with Gasteiger partial charge in [-0.05, 0) is 48.4 Å². The van der Waals surface area contributed by atoms with Crippen LogP contribution < -0.4 is 4.90 Å². The molecule has 0 saturated carbocycles. The lowest BCUT2D eigenvalue weighted by atomic mass is 10.1. The van der Waals surface area contributed by atoms with Crippen LogP contribution in [0.15, 0.2) is 42.5 Å². The van der Waals surface area contributed by atoms with Crippen LogP contribution in [0.3, 0.4) is 0 Å². The van der Waals surface area contributed by atoms with E-state index in [0.717, 1.165) is 16.8 Å². The third-order valence-electron chi connectivity index (χ3n) is 3.35. The summed E-state index contributed by atoms with van der Waals surface area (Å²) in [7, 11) is 0. The normalized spacial score (nSPS) is 13.3. The summed E-state index contributed by atoms with van der Waals surface area (Å²) in [6.45, 7) is 2.54. The highest BCUT2D eigenvalue weighted by molar-refractivity contribution is 6.10. The van der Waals surface area contributed by atoms with Gasteiger partial charge in [0.25, 0.3) is 5.91 Å². The smallest absolute Gasteiger partial charge is 0.258 e. The summed E-state index contributed by atoms with van der Waals surface area (Å²) < 4.78 is 0. The minimum Gasteiger partial charge on any atom is -0.304 e. The van der Waals surface area contributed by atoms with Gasteiger partial charge in [-0.2, -0.15) is 5.26 Å². The molecule has 0 aliphatic carbocycles. The zero-order valence-electron chi connectivity index (χ0n) is 10.6. The lowest BCUT2D eigenvalue weighted by Crippen LogP contribution is -2.22. The summed E-state index contributed by atoms with van der Waals surface area (Å²) >= 11 is 0. The number of carbonyl (C=O) groups is 1. The molecule has 0 unspecified atom stereocenters. The predicted molar refractivity (Wildman–Crippen MR) is 72.8 cm³/mol. The van der Waals surface area contributed by atoms with Gasteiger partial charge in [-0.15, -0.1) is 0 Å². The van der Waals surface area contributed by atoms with Gasteiger partial charge in [0, 0.05) is 11.3 Å². The van der Waals surface area contributed by atoms with Crippen molar-refractivity contribution in [2.45, 2.75) is 13.5 Å². The van der Waals surface area contributed by atoms with Gasteiger partial charge < -0.3 is 4.90 Å². The van der Waals surface area contributed by atoms with Gasteiger partial charge in [0.2, 0.25) is 0 Å². The van der Waals surface area contributed by atoms with E-state index in [9.17, 15) is 4.79 Å². The molecule has 1 aliphatic heterocycles. The molecule has 3 heteroatoms. The molecule has 0 fully saturated rings. The Morgan fingerprint density at radius 3 is 2.79 bits per heavy atom. The summed E-state index contributed by atoms with van der Waals surface area (Å²) in [5.74, 6) is 0.00471. The first-order valence-electron chi connectivity index (χ1n) is 6.10. The van der Waals surface area contributed by atoms with E-state index in [1.54, 1.807) is 23.1 Å². The van der Waals surface area contributed by atoms with Crippen LogP contribution in [0.2, 0.25) is 0 Å². The predicted octanol–water partition coefficient (Wildman–Crippen LogP) is 3.03. The van der Waals surface area contributed by atoms with Gasteiger partial charge in [0.15, 0.2) is 0 Å². The SMILES string of the molecule is Cc1cccc(N2Cc3cc(C#N)ccc3C2=O)c1. The van der Waals surface area contributed by atoms with Crippen LogP contribution in [0, 0.1) is 18.3 Å². The lowest BCUT2D eigenvalue weighted by molar-refractivity contribution is 0.0996. The second kappa shape index (κ2) is 4.25. The van der Waals surface area contributed by atoms with Gasteiger partial charge >= 0.3 is 0 Å². The van der Waals surface area contributed by atoms with E-state index in [2.05, 4.69) is 6.07 Å². The molecule has 1 amide bonds. The van der Waals surface area contributed by atoms with Crippen molar-refractivity contribution in [2.75, 3.05) is 4.90 Å².